The minimum atomic E-state index is -0.437. The number of halogens is 1. The lowest BCUT2D eigenvalue weighted by Gasteiger charge is -2.12. The quantitative estimate of drug-likeness (QED) is 0.401. The molecule has 0 spiro atoms. The van der Waals surface area contributed by atoms with E-state index in [1.165, 1.54) is 6.07 Å². The van der Waals surface area contributed by atoms with Gasteiger partial charge in [-0.25, -0.2) is 9.37 Å². The number of carbonyl (C=O) groups is 1. The highest BCUT2D eigenvalue weighted by atomic mass is 19.1. The molecule has 0 radical (unpaired) electrons. The molecule has 4 rings (SSSR count). The lowest BCUT2D eigenvalue weighted by molar-refractivity contribution is -0.135. The Kier molecular flexibility index (Phi) is 6.43. The van der Waals surface area contributed by atoms with Gasteiger partial charge in [0, 0.05) is 25.4 Å². The molecule has 1 N–H and O–H groups in total. The number of aromatic nitrogens is 1. The van der Waals surface area contributed by atoms with E-state index in [2.05, 4.69) is 10.3 Å². The van der Waals surface area contributed by atoms with Gasteiger partial charge in [0.2, 0.25) is 5.88 Å². The van der Waals surface area contributed by atoms with Gasteiger partial charge < -0.3 is 19.5 Å². The van der Waals surface area contributed by atoms with Gasteiger partial charge in [0.1, 0.15) is 0 Å². The molecule has 31 heavy (non-hydrogen) atoms. The van der Waals surface area contributed by atoms with Crippen molar-refractivity contribution in [2.45, 2.75) is 25.9 Å². The van der Waals surface area contributed by atoms with E-state index < -0.39 is 5.82 Å². The second-order valence-electron chi connectivity index (χ2n) is 7.32. The minimum absolute atomic E-state index is 0.0265. The van der Waals surface area contributed by atoms with Crippen LogP contribution in [0.2, 0.25) is 0 Å². The van der Waals surface area contributed by atoms with Crippen molar-refractivity contribution in [2.75, 3.05) is 7.11 Å². The normalized spacial score (nSPS) is 13.0. The van der Waals surface area contributed by atoms with Gasteiger partial charge in [-0.3, -0.25) is 4.79 Å². The van der Waals surface area contributed by atoms with Crippen LogP contribution in [0.4, 0.5) is 4.39 Å². The second-order valence-corrected chi connectivity index (χ2v) is 7.32. The van der Waals surface area contributed by atoms with Gasteiger partial charge >= 0.3 is 5.97 Å². The Morgan fingerprint density at radius 3 is 2.55 bits per heavy atom. The van der Waals surface area contributed by atoms with Crippen LogP contribution >= 0.6 is 0 Å². The summed E-state index contributed by atoms with van der Waals surface area (Å²) in [7, 11) is 1.55. The van der Waals surface area contributed by atoms with Crippen molar-refractivity contribution in [1.82, 2.24) is 10.3 Å². The lowest BCUT2D eigenvalue weighted by atomic mass is 10.2. The smallest absolute Gasteiger partial charge is 0.314 e. The molecule has 0 unspecified atom stereocenters. The van der Waals surface area contributed by atoms with Crippen LogP contribution < -0.4 is 19.5 Å². The van der Waals surface area contributed by atoms with E-state index in [9.17, 15) is 9.18 Å². The van der Waals surface area contributed by atoms with Gasteiger partial charge in [-0.2, -0.15) is 0 Å². The van der Waals surface area contributed by atoms with E-state index in [-0.39, 0.29) is 17.6 Å². The first kappa shape index (κ1) is 20.8. The monoisotopic (exact) mass is 422 g/mol. The van der Waals surface area contributed by atoms with E-state index in [1.54, 1.807) is 43.6 Å². The summed E-state index contributed by atoms with van der Waals surface area (Å²) >= 11 is 0. The molecule has 0 aliphatic heterocycles. The number of hydrogen-bond donors (Lipinski definition) is 1. The Bertz CT molecular complexity index is 1070. The molecule has 160 valence electrons. The van der Waals surface area contributed by atoms with Crippen LogP contribution in [0.25, 0.3) is 0 Å². The molecule has 1 aliphatic carbocycles. The number of rotatable bonds is 9. The second kappa shape index (κ2) is 9.57. The van der Waals surface area contributed by atoms with Crippen molar-refractivity contribution in [3.63, 3.8) is 0 Å². The van der Waals surface area contributed by atoms with Gasteiger partial charge in [-0.1, -0.05) is 18.2 Å². The molecule has 0 bridgehead atoms. The first-order chi connectivity index (χ1) is 15.1. The zero-order valence-corrected chi connectivity index (χ0v) is 17.1. The van der Waals surface area contributed by atoms with Crippen LogP contribution in [0, 0.1) is 11.7 Å². The van der Waals surface area contributed by atoms with Crippen molar-refractivity contribution in [2.24, 2.45) is 5.92 Å². The Balaban J connectivity index is 1.33. The molecular formula is C24H23FN2O4. The maximum absolute atomic E-state index is 13.8. The summed E-state index contributed by atoms with van der Waals surface area (Å²) < 4.78 is 30.1. The summed E-state index contributed by atoms with van der Waals surface area (Å²) in [5, 5.41) is 3.34. The number of benzene rings is 2. The Morgan fingerprint density at radius 2 is 1.81 bits per heavy atom. The predicted molar refractivity (Wildman–Crippen MR) is 113 cm³/mol. The van der Waals surface area contributed by atoms with Gasteiger partial charge in [0.15, 0.2) is 23.1 Å². The predicted octanol–water partition coefficient (Wildman–Crippen LogP) is 4.63. The van der Waals surface area contributed by atoms with Crippen LogP contribution in [0.15, 0.2) is 60.8 Å². The lowest BCUT2D eigenvalue weighted by Crippen LogP contribution is -2.13. The average molecular weight is 422 g/mol. The number of esters is 1. The molecule has 1 heterocycles. The number of pyridine rings is 1. The first-order valence-corrected chi connectivity index (χ1v) is 10.1. The zero-order valence-electron chi connectivity index (χ0n) is 17.1. The molecule has 1 aromatic heterocycles. The number of methoxy groups -OCH3 is 1. The summed E-state index contributed by atoms with van der Waals surface area (Å²) in [5.74, 6) is 0.814. The van der Waals surface area contributed by atoms with Crippen LogP contribution in [-0.4, -0.2) is 18.1 Å². The van der Waals surface area contributed by atoms with Crippen LogP contribution in [0.5, 0.6) is 23.1 Å². The summed E-state index contributed by atoms with van der Waals surface area (Å²) in [6, 6.07) is 15.3. The van der Waals surface area contributed by atoms with Crippen molar-refractivity contribution in [3.8, 4) is 23.1 Å². The fourth-order valence-corrected chi connectivity index (χ4v) is 3.02. The van der Waals surface area contributed by atoms with E-state index in [1.807, 2.05) is 18.2 Å². The van der Waals surface area contributed by atoms with Crippen molar-refractivity contribution in [1.29, 1.82) is 0 Å². The molecule has 6 nitrogen and oxygen atoms in total. The molecule has 0 amide bonds. The summed E-state index contributed by atoms with van der Waals surface area (Å²) in [6.45, 7) is 1.15. The topological polar surface area (TPSA) is 69.7 Å². The van der Waals surface area contributed by atoms with Crippen LogP contribution in [0.3, 0.4) is 0 Å². The molecule has 1 saturated carbocycles. The van der Waals surface area contributed by atoms with E-state index >= 15 is 0 Å². The number of para-hydroxylation sites is 1. The Morgan fingerprint density at radius 1 is 1.03 bits per heavy atom. The average Bonchev–Trinajstić information content (AvgIpc) is 3.62. The van der Waals surface area contributed by atoms with E-state index in [4.69, 9.17) is 14.2 Å². The third-order valence-corrected chi connectivity index (χ3v) is 4.86. The number of nitrogens with zero attached hydrogens (tertiary/aromatic N) is 1. The molecule has 7 heteroatoms. The van der Waals surface area contributed by atoms with Crippen molar-refractivity contribution < 1.29 is 23.4 Å². The van der Waals surface area contributed by atoms with Crippen LogP contribution in [0.1, 0.15) is 24.0 Å². The SMILES string of the molecule is COc1cc(CNCc2ccnc(Oc3ccccc3F)c2)ccc1OC(=O)C1CC1. The van der Waals surface area contributed by atoms with Gasteiger partial charge in [-0.05, 0) is 54.3 Å². The molecule has 1 aliphatic rings. The highest BCUT2D eigenvalue weighted by molar-refractivity contribution is 5.78. The fourth-order valence-electron chi connectivity index (χ4n) is 3.02. The highest BCUT2D eigenvalue weighted by Crippen LogP contribution is 2.34. The summed E-state index contributed by atoms with van der Waals surface area (Å²) in [5.41, 5.74) is 1.93. The molecule has 0 saturated heterocycles. The standard InChI is InChI=1S/C24H23FN2O4/c1-29-22-12-16(6-9-21(22)31-24(28)18-7-8-18)14-26-15-17-10-11-27-23(13-17)30-20-5-3-2-4-19(20)25/h2-6,9-13,18,26H,7-8,14-15H2,1H3. The van der Waals surface area contributed by atoms with E-state index in [0.717, 1.165) is 24.0 Å². The van der Waals surface area contributed by atoms with Gasteiger partial charge in [-0.15, -0.1) is 0 Å². The third-order valence-electron chi connectivity index (χ3n) is 4.86. The molecule has 1 fully saturated rings. The molecule has 0 atom stereocenters. The highest BCUT2D eigenvalue weighted by Gasteiger charge is 2.32. The zero-order chi connectivity index (χ0) is 21.6. The molecule has 3 aromatic rings. The van der Waals surface area contributed by atoms with Crippen molar-refractivity contribution >= 4 is 5.97 Å². The van der Waals surface area contributed by atoms with Gasteiger partial charge in [0.05, 0.1) is 13.0 Å². The summed E-state index contributed by atoms with van der Waals surface area (Å²) in [6.07, 6.45) is 3.41. The summed E-state index contributed by atoms with van der Waals surface area (Å²) in [4.78, 5) is 16.0. The number of carbonyl (C=O) groups excluding carboxylic acids is 1. The maximum Gasteiger partial charge on any atom is 0.314 e. The molecule has 2 aromatic carbocycles. The Hall–Kier alpha value is -3.45. The van der Waals surface area contributed by atoms with Gasteiger partial charge in [0.25, 0.3) is 0 Å². The first-order valence-electron chi connectivity index (χ1n) is 10.1. The largest absolute Gasteiger partial charge is 0.493 e. The maximum atomic E-state index is 13.8. The van der Waals surface area contributed by atoms with Crippen molar-refractivity contribution in [3.05, 3.63) is 77.7 Å². The molecular weight excluding hydrogens is 399 g/mol. The minimum Gasteiger partial charge on any atom is -0.493 e. The number of hydrogen-bond acceptors (Lipinski definition) is 6. The third kappa shape index (κ3) is 5.58. The van der Waals surface area contributed by atoms with E-state index in [0.29, 0.717) is 30.5 Å². The Labute approximate surface area is 180 Å². The fraction of sp³-hybridized carbons (Fsp3) is 0.250. The van der Waals surface area contributed by atoms with Crippen LogP contribution in [-0.2, 0) is 17.9 Å². The number of nitrogens with one attached hydrogen (secondary N) is 1. The number of ether oxygens (including phenoxy) is 3.